The van der Waals surface area contributed by atoms with Gasteiger partial charge in [0.15, 0.2) is 6.61 Å². The van der Waals surface area contributed by atoms with Crippen molar-refractivity contribution in [2.24, 2.45) is 0 Å². The molecule has 0 spiro atoms. The quantitative estimate of drug-likeness (QED) is 0.606. The summed E-state index contributed by atoms with van der Waals surface area (Å²) < 4.78 is 32.8. The number of nitrogens with zero attached hydrogens (tertiary/aromatic N) is 1. The Kier molecular flexibility index (Phi) is 6.16. The second kappa shape index (κ2) is 9.18. The van der Waals surface area contributed by atoms with Crippen LogP contribution in [-0.2, 0) is 11.3 Å². The molecule has 7 heteroatoms. The molecule has 1 N–H and O–H groups in total. The molecular formula is C25H22F2N2O3. The number of amides is 2. The summed E-state index contributed by atoms with van der Waals surface area (Å²) in [5, 5.41) is 2.63. The van der Waals surface area contributed by atoms with Gasteiger partial charge in [0.05, 0.1) is 18.2 Å². The maximum atomic E-state index is 13.9. The highest BCUT2D eigenvalue weighted by Crippen LogP contribution is 2.32. The molecule has 3 aromatic rings. The summed E-state index contributed by atoms with van der Waals surface area (Å²) in [4.78, 5) is 27.1. The number of nitrogens with one attached hydrogen (secondary N) is 1. The highest BCUT2D eigenvalue weighted by atomic mass is 19.1. The summed E-state index contributed by atoms with van der Waals surface area (Å²) in [5.41, 5.74) is 1.92. The van der Waals surface area contributed by atoms with Crippen LogP contribution in [0.2, 0.25) is 0 Å². The Labute approximate surface area is 184 Å². The average molecular weight is 436 g/mol. The highest BCUT2D eigenvalue weighted by Gasteiger charge is 2.28. The van der Waals surface area contributed by atoms with Crippen LogP contribution in [0.3, 0.4) is 0 Å². The minimum absolute atomic E-state index is 0.0805. The van der Waals surface area contributed by atoms with Crippen LogP contribution in [0.15, 0.2) is 66.7 Å². The second-order valence-electron chi connectivity index (χ2n) is 7.55. The van der Waals surface area contributed by atoms with Crippen LogP contribution in [0.4, 0.5) is 14.5 Å². The highest BCUT2D eigenvalue weighted by molar-refractivity contribution is 6.04. The third kappa shape index (κ3) is 4.46. The van der Waals surface area contributed by atoms with Crippen LogP contribution in [0.1, 0.15) is 40.9 Å². The summed E-state index contributed by atoms with van der Waals surface area (Å²) >= 11 is 0. The van der Waals surface area contributed by atoms with Crippen molar-refractivity contribution in [2.75, 3.05) is 11.9 Å². The van der Waals surface area contributed by atoms with Crippen LogP contribution in [0.5, 0.6) is 5.75 Å². The fourth-order valence-corrected chi connectivity index (χ4v) is 3.88. The molecule has 1 atom stereocenters. The lowest BCUT2D eigenvalue weighted by Gasteiger charge is -2.30. The van der Waals surface area contributed by atoms with Gasteiger partial charge in [0.25, 0.3) is 11.8 Å². The van der Waals surface area contributed by atoms with Gasteiger partial charge in [0.1, 0.15) is 17.4 Å². The number of hydrogen-bond donors (Lipinski definition) is 1. The lowest BCUT2D eigenvalue weighted by atomic mass is 10.0. The predicted octanol–water partition coefficient (Wildman–Crippen LogP) is 5.09. The van der Waals surface area contributed by atoms with E-state index in [0.717, 1.165) is 29.7 Å². The van der Waals surface area contributed by atoms with Gasteiger partial charge in [-0.1, -0.05) is 37.3 Å². The van der Waals surface area contributed by atoms with E-state index >= 15 is 0 Å². The normalized spacial score (nSPS) is 14.2. The van der Waals surface area contributed by atoms with Crippen LogP contribution < -0.4 is 10.1 Å². The van der Waals surface area contributed by atoms with Crippen LogP contribution in [0, 0.1) is 11.6 Å². The van der Waals surface area contributed by atoms with Crippen LogP contribution >= 0.6 is 0 Å². The van der Waals surface area contributed by atoms with Crippen molar-refractivity contribution in [3.05, 3.63) is 95.1 Å². The molecule has 0 aliphatic carbocycles. The number of hydrogen-bond acceptors (Lipinski definition) is 3. The maximum absolute atomic E-state index is 13.9. The molecule has 0 radical (unpaired) electrons. The van der Waals surface area contributed by atoms with Crippen LogP contribution in [0.25, 0.3) is 0 Å². The van der Waals surface area contributed by atoms with Gasteiger partial charge >= 0.3 is 0 Å². The molecule has 5 nitrogen and oxygen atoms in total. The smallest absolute Gasteiger partial charge is 0.261 e. The van der Waals surface area contributed by atoms with Crippen molar-refractivity contribution in [1.82, 2.24) is 4.90 Å². The molecule has 1 aliphatic heterocycles. The number of fused-ring (bicyclic) bond motifs is 1. The standard InChI is InChI=1S/C25H22F2N2O3/c1-2-22(16-6-4-3-5-7-16)29-14-17-12-19(9-11-23(17)32-15-24(29)30)28-25(31)20-10-8-18(26)13-21(20)27/h3-13,22H,2,14-15H2,1H3,(H,28,31)/t22-/m0/s1. The molecule has 1 aliphatic rings. The first-order chi connectivity index (χ1) is 15.5. The van der Waals surface area contributed by atoms with E-state index in [0.29, 0.717) is 24.0 Å². The first-order valence-electron chi connectivity index (χ1n) is 10.3. The van der Waals surface area contributed by atoms with Gasteiger partial charge in [-0.3, -0.25) is 9.59 Å². The SMILES string of the molecule is CC[C@@H](c1ccccc1)N1Cc2cc(NC(=O)c3ccc(F)cc3F)ccc2OCC1=O. The lowest BCUT2D eigenvalue weighted by Crippen LogP contribution is -2.35. The van der Waals surface area contributed by atoms with Gasteiger partial charge in [0.2, 0.25) is 0 Å². The number of rotatable bonds is 5. The monoisotopic (exact) mass is 436 g/mol. The van der Waals surface area contributed by atoms with Crippen molar-refractivity contribution < 1.29 is 23.1 Å². The number of carbonyl (C=O) groups is 2. The first-order valence-corrected chi connectivity index (χ1v) is 10.3. The topological polar surface area (TPSA) is 58.6 Å². The van der Waals surface area contributed by atoms with E-state index in [2.05, 4.69) is 5.32 Å². The van der Waals surface area contributed by atoms with E-state index in [1.54, 1.807) is 23.1 Å². The van der Waals surface area contributed by atoms with Gasteiger partial charge in [-0.15, -0.1) is 0 Å². The van der Waals surface area contributed by atoms with Crippen molar-refractivity contribution in [3.8, 4) is 5.75 Å². The number of benzene rings is 3. The molecule has 0 saturated carbocycles. The van der Waals surface area contributed by atoms with E-state index in [9.17, 15) is 18.4 Å². The summed E-state index contributed by atoms with van der Waals surface area (Å²) in [6, 6.07) is 17.4. The Morgan fingerprint density at radius 2 is 1.88 bits per heavy atom. The Hall–Kier alpha value is -3.74. The molecule has 0 saturated heterocycles. The van der Waals surface area contributed by atoms with Gasteiger partial charge in [0, 0.05) is 17.3 Å². The Bertz CT molecular complexity index is 1150. The Morgan fingerprint density at radius 3 is 2.59 bits per heavy atom. The second-order valence-corrected chi connectivity index (χ2v) is 7.55. The molecular weight excluding hydrogens is 414 g/mol. The summed E-state index contributed by atoms with van der Waals surface area (Å²) in [5.74, 6) is -1.97. The van der Waals surface area contributed by atoms with E-state index in [4.69, 9.17) is 4.74 Å². The molecule has 32 heavy (non-hydrogen) atoms. The van der Waals surface area contributed by atoms with Gasteiger partial charge in [-0.2, -0.15) is 0 Å². The van der Waals surface area contributed by atoms with Gasteiger partial charge in [-0.25, -0.2) is 8.78 Å². The van der Waals surface area contributed by atoms with E-state index < -0.39 is 17.5 Å². The Balaban J connectivity index is 1.59. The van der Waals surface area contributed by atoms with Crippen molar-refractivity contribution in [1.29, 1.82) is 0 Å². The molecule has 0 bridgehead atoms. The lowest BCUT2D eigenvalue weighted by molar-refractivity contribution is -0.135. The molecule has 0 unspecified atom stereocenters. The fourth-order valence-electron chi connectivity index (χ4n) is 3.88. The molecule has 164 valence electrons. The number of halogens is 2. The minimum atomic E-state index is -0.939. The van der Waals surface area contributed by atoms with Crippen molar-refractivity contribution >= 4 is 17.5 Å². The van der Waals surface area contributed by atoms with E-state index in [1.165, 1.54) is 0 Å². The predicted molar refractivity (Wildman–Crippen MR) is 116 cm³/mol. The Morgan fingerprint density at radius 1 is 1.09 bits per heavy atom. The first kappa shape index (κ1) is 21.5. The largest absolute Gasteiger partial charge is 0.483 e. The zero-order valence-electron chi connectivity index (χ0n) is 17.5. The molecule has 2 amide bonds. The third-order valence-electron chi connectivity index (χ3n) is 5.45. The van der Waals surface area contributed by atoms with Gasteiger partial charge < -0.3 is 15.0 Å². The van der Waals surface area contributed by atoms with Crippen LogP contribution in [-0.4, -0.2) is 23.3 Å². The minimum Gasteiger partial charge on any atom is -0.483 e. The molecule has 0 fully saturated rings. The molecule has 3 aromatic carbocycles. The van der Waals surface area contributed by atoms with Crippen molar-refractivity contribution in [3.63, 3.8) is 0 Å². The van der Waals surface area contributed by atoms with E-state index in [-0.39, 0.29) is 24.1 Å². The zero-order valence-corrected chi connectivity index (χ0v) is 17.5. The number of carbonyl (C=O) groups excluding carboxylic acids is 2. The number of anilines is 1. The number of ether oxygens (including phenoxy) is 1. The van der Waals surface area contributed by atoms with Gasteiger partial charge in [-0.05, 0) is 42.3 Å². The molecule has 1 heterocycles. The molecule has 4 rings (SSSR count). The maximum Gasteiger partial charge on any atom is 0.261 e. The third-order valence-corrected chi connectivity index (χ3v) is 5.45. The summed E-state index contributed by atoms with van der Waals surface area (Å²) in [6.45, 7) is 2.24. The van der Waals surface area contributed by atoms with E-state index in [1.807, 2.05) is 37.3 Å². The summed E-state index contributed by atoms with van der Waals surface area (Å²) in [7, 11) is 0. The molecule has 0 aromatic heterocycles. The summed E-state index contributed by atoms with van der Waals surface area (Å²) in [6.07, 6.45) is 0.728. The van der Waals surface area contributed by atoms with Crippen molar-refractivity contribution in [2.45, 2.75) is 25.9 Å². The zero-order chi connectivity index (χ0) is 22.7. The fraction of sp³-hybridized carbons (Fsp3) is 0.200. The average Bonchev–Trinajstić information content (AvgIpc) is 2.94.